The lowest BCUT2D eigenvalue weighted by atomic mass is 9.80. The van der Waals surface area contributed by atoms with Crippen LogP contribution in [0.5, 0.6) is 0 Å². The van der Waals surface area contributed by atoms with Crippen molar-refractivity contribution in [2.45, 2.75) is 25.4 Å². The zero-order valence-electron chi connectivity index (χ0n) is 13.5. The molecular formula is C20H23NO2. The Morgan fingerprint density at radius 1 is 1.04 bits per heavy atom. The summed E-state index contributed by atoms with van der Waals surface area (Å²) in [6.45, 7) is 3.32. The van der Waals surface area contributed by atoms with Crippen LogP contribution in [0.3, 0.4) is 0 Å². The highest BCUT2D eigenvalue weighted by atomic mass is 16.5. The fourth-order valence-electron chi connectivity index (χ4n) is 3.26. The molecule has 0 saturated carbocycles. The summed E-state index contributed by atoms with van der Waals surface area (Å²) in [5.41, 5.74) is 9.45. The van der Waals surface area contributed by atoms with Crippen molar-refractivity contribution in [3.63, 3.8) is 0 Å². The topological polar surface area (TPSA) is 55.5 Å². The standard InChI is InChI=1S/C20H23NO2/c1-2-23-13-5-12-20(22)18-7-4-3-6-15(18)8-9-16-10-11-17(21)14-19(16)20/h3-4,6-11,14,22H,2,5,12-13,21H2,1H3. The maximum absolute atomic E-state index is 11.6. The van der Waals surface area contributed by atoms with Crippen molar-refractivity contribution in [3.8, 4) is 0 Å². The van der Waals surface area contributed by atoms with Crippen molar-refractivity contribution in [1.82, 2.24) is 0 Å². The zero-order chi connectivity index (χ0) is 16.3. The summed E-state index contributed by atoms with van der Waals surface area (Å²) in [5, 5.41) is 11.6. The summed E-state index contributed by atoms with van der Waals surface area (Å²) in [6.07, 6.45) is 5.49. The highest BCUT2D eigenvalue weighted by molar-refractivity contribution is 5.78. The molecule has 3 N–H and O–H groups in total. The maximum Gasteiger partial charge on any atom is 0.116 e. The lowest BCUT2D eigenvalue weighted by Gasteiger charge is -2.31. The van der Waals surface area contributed by atoms with Crippen molar-refractivity contribution in [1.29, 1.82) is 0 Å². The van der Waals surface area contributed by atoms with Gasteiger partial charge >= 0.3 is 0 Å². The second-order valence-electron chi connectivity index (χ2n) is 5.93. The van der Waals surface area contributed by atoms with E-state index in [1.807, 2.05) is 55.5 Å². The average Bonchev–Trinajstić information content (AvgIpc) is 2.68. The van der Waals surface area contributed by atoms with Gasteiger partial charge in [0.2, 0.25) is 0 Å². The van der Waals surface area contributed by atoms with E-state index < -0.39 is 5.60 Å². The highest BCUT2D eigenvalue weighted by Gasteiger charge is 2.35. The van der Waals surface area contributed by atoms with E-state index in [1.165, 1.54) is 0 Å². The molecule has 0 spiro atoms. The molecule has 3 rings (SSSR count). The van der Waals surface area contributed by atoms with Crippen molar-refractivity contribution in [2.24, 2.45) is 0 Å². The first-order valence-corrected chi connectivity index (χ1v) is 8.13. The third-order valence-corrected chi connectivity index (χ3v) is 4.40. The maximum atomic E-state index is 11.6. The van der Waals surface area contributed by atoms with Crippen LogP contribution in [0.25, 0.3) is 12.2 Å². The van der Waals surface area contributed by atoms with Gasteiger partial charge in [-0.3, -0.25) is 0 Å². The number of anilines is 1. The Morgan fingerprint density at radius 3 is 2.57 bits per heavy atom. The van der Waals surface area contributed by atoms with Crippen LogP contribution in [0, 0.1) is 0 Å². The van der Waals surface area contributed by atoms with E-state index in [2.05, 4.69) is 6.08 Å². The number of rotatable bonds is 5. The summed E-state index contributed by atoms with van der Waals surface area (Å²) in [5.74, 6) is 0. The predicted octanol–water partition coefficient (Wildman–Crippen LogP) is 3.81. The molecule has 1 atom stereocenters. The molecule has 2 aromatic carbocycles. The van der Waals surface area contributed by atoms with Gasteiger partial charge in [-0.05, 0) is 54.2 Å². The minimum absolute atomic E-state index is 0.599. The monoisotopic (exact) mass is 309 g/mol. The van der Waals surface area contributed by atoms with Crippen LogP contribution in [0.15, 0.2) is 42.5 Å². The molecule has 0 aliphatic heterocycles. The van der Waals surface area contributed by atoms with Crippen LogP contribution < -0.4 is 5.73 Å². The van der Waals surface area contributed by atoms with Gasteiger partial charge in [0.25, 0.3) is 0 Å². The van der Waals surface area contributed by atoms with Gasteiger partial charge in [-0.2, -0.15) is 0 Å². The molecule has 2 aromatic rings. The van der Waals surface area contributed by atoms with Crippen molar-refractivity contribution >= 4 is 17.8 Å². The molecule has 3 nitrogen and oxygen atoms in total. The van der Waals surface area contributed by atoms with Crippen LogP contribution in [-0.2, 0) is 10.3 Å². The summed E-state index contributed by atoms with van der Waals surface area (Å²) in [4.78, 5) is 0. The number of aliphatic hydroxyl groups is 1. The fourth-order valence-corrected chi connectivity index (χ4v) is 3.26. The van der Waals surface area contributed by atoms with Gasteiger partial charge in [0, 0.05) is 18.9 Å². The number of ether oxygens (including phenoxy) is 1. The number of hydrogen-bond donors (Lipinski definition) is 2. The molecule has 0 radical (unpaired) electrons. The summed E-state index contributed by atoms with van der Waals surface area (Å²) < 4.78 is 5.45. The van der Waals surface area contributed by atoms with Crippen molar-refractivity contribution < 1.29 is 9.84 Å². The summed E-state index contributed by atoms with van der Waals surface area (Å²) in [7, 11) is 0. The fraction of sp³-hybridized carbons (Fsp3) is 0.300. The Morgan fingerprint density at radius 2 is 1.78 bits per heavy atom. The van der Waals surface area contributed by atoms with Gasteiger partial charge in [0.15, 0.2) is 0 Å². The lowest BCUT2D eigenvalue weighted by molar-refractivity contribution is 0.0534. The van der Waals surface area contributed by atoms with Gasteiger partial charge < -0.3 is 15.6 Å². The van der Waals surface area contributed by atoms with E-state index in [9.17, 15) is 5.11 Å². The highest BCUT2D eigenvalue weighted by Crippen LogP contribution is 2.41. The van der Waals surface area contributed by atoms with E-state index in [4.69, 9.17) is 10.5 Å². The summed E-state index contributed by atoms with van der Waals surface area (Å²) in [6, 6.07) is 13.7. The van der Waals surface area contributed by atoms with Crippen LogP contribution in [-0.4, -0.2) is 18.3 Å². The van der Waals surface area contributed by atoms with E-state index in [0.29, 0.717) is 25.3 Å². The predicted molar refractivity (Wildman–Crippen MR) is 95.0 cm³/mol. The largest absolute Gasteiger partial charge is 0.399 e. The minimum Gasteiger partial charge on any atom is -0.399 e. The van der Waals surface area contributed by atoms with Crippen molar-refractivity contribution in [3.05, 3.63) is 64.7 Å². The second-order valence-corrected chi connectivity index (χ2v) is 5.93. The Bertz CT molecular complexity index is 723. The van der Waals surface area contributed by atoms with Gasteiger partial charge in [0.1, 0.15) is 5.60 Å². The van der Waals surface area contributed by atoms with E-state index in [0.717, 1.165) is 28.7 Å². The Balaban J connectivity index is 2.08. The molecule has 0 amide bonds. The molecule has 0 heterocycles. The Labute approximate surface area is 137 Å². The number of nitrogen functional groups attached to an aromatic ring is 1. The van der Waals surface area contributed by atoms with E-state index >= 15 is 0 Å². The lowest BCUT2D eigenvalue weighted by Crippen LogP contribution is -2.29. The van der Waals surface area contributed by atoms with Crippen molar-refractivity contribution in [2.75, 3.05) is 18.9 Å². The van der Waals surface area contributed by atoms with Crippen LogP contribution >= 0.6 is 0 Å². The molecule has 1 aliphatic rings. The first-order valence-electron chi connectivity index (χ1n) is 8.13. The first-order chi connectivity index (χ1) is 11.1. The summed E-state index contributed by atoms with van der Waals surface area (Å²) >= 11 is 0. The van der Waals surface area contributed by atoms with Crippen LogP contribution in [0.1, 0.15) is 42.0 Å². The smallest absolute Gasteiger partial charge is 0.116 e. The molecular weight excluding hydrogens is 286 g/mol. The molecule has 23 heavy (non-hydrogen) atoms. The van der Waals surface area contributed by atoms with Gasteiger partial charge in [-0.15, -0.1) is 0 Å². The van der Waals surface area contributed by atoms with Crippen LogP contribution in [0.4, 0.5) is 5.69 Å². The number of hydrogen-bond acceptors (Lipinski definition) is 3. The molecule has 0 bridgehead atoms. The Kier molecular flexibility index (Phi) is 4.51. The van der Waals surface area contributed by atoms with Gasteiger partial charge in [-0.25, -0.2) is 0 Å². The van der Waals surface area contributed by atoms with Gasteiger partial charge in [-0.1, -0.05) is 42.5 Å². The third kappa shape index (κ3) is 3.03. The van der Waals surface area contributed by atoms with Gasteiger partial charge in [0.05, 0.1) is 0 Å². The third-order valence-electron chi connectivity index (χ3n) is 4.40. The first kappa shape index (κ1) is 15.8. The quantitative estimate of drug-likeness (QED) is 0.652. The number of fused-ring (bicyclic) bond motifs is 2. The molecule has 120 valence electrons. The number of nitrogens with two attached hydrogens (primary N) is 1. The molecule has 1 aliphatic carbocycles. The minimum atomic E-state index is -1.05. The second kappa shape index (κ2) is 6.57. The zero-order valence-corrected chi connectivity index (χ0v) is 13.5. The number of benzene rings is 2. The molecule has 0 fully saturated rings. The van der Waals surface area contributed by atoms with E-state index in [1.54, 1.807) is 0 Å². The Hall–Kier alpha value is -2.10. The molecule has 1 unspecified atom stereocenters. The van der Waals surface area contributed by atoms with E-state index in [-0.39, 0.29) is 0 Å². The normalized spacial score (nSPS) is 19.0. The molecule has 0 aromatic heterocycles. The average molecular weight is 309 g/mol. The SMILES string of the molecule is CCOCCCC1(O)c2ccccc2C=Cc2ccc(N)cc21. The molecule has 0 saturated heterocycles. The molecule has 3 heteroatoms. The van der Waals surface area contributed by atoms with Crippen LogP contribution in [0.2, 0.25) is 0 Å².